The summed E-state index contributed by atoms with van der Waals surface area (Å²) in [6.45, 7) is -3.00. The molecule has 0 radical (unpaired) electrons. The molecule has 0 aliphatic heterocycles. The number of nitrogens with one attached hydrogen (secondary N) is 1. The number of hydrogen-bond acceptors (Lipinski definition) is 4. The largest absolute Gasteiger partial charge is 0.470 e. The summed E-state index contributed by atoms with van der Waals surface area (Å²) in [7, 11) is 0. The predicted octanol–water partition coefficient (Wildman–Crippen LogP) is 5.73. The predicted molar refractivity (Wildman–Crippen MR) is 105 cm³/mol. The van der Waals surface area contributed by atoms with Crippen LogP contribution < -0.4 is 14.8 Å². The van der Waals surface area contributed by atoms with E-state index in [2.05, 4.69) is 15.2 Å². The Labute approximate surface area is 178 Å². The first-order valence-electron chi connectivity index (χ1n) is 7.99. The van der Waals surface area contributed by atoms with Crippen molar-refractivity contribution < 1.29 is 23.0 Å². The molecule has 1 aromatic heterocycles. The Hall–Kier alpha value is -2.55. The van der Waals surface area contributed by atoms with E-state index in [1.165, 1.54) is 28.9 Å². The lowest BCUT2D eigenvalue weighted by Crippen LogP contribution is -2.14. The number of aromatic nitrogens is 2. The van der Waals surface area contributed by atoms with Gasteiger partial charge in [-0.25, -0.2) is 4.68 Å². The van der Waals surface area contributed by atoms with Crippen molar-refractivity contribution in [3.63, 3.8) is 0 Å². The number of halogens is 5. The zero-order valence-corrected chi connectivity index (χ0v) is 16.7. The van der Waals surface area contributed by atoms with Crippen LogP contribution in [0.2, 0.25) is 15.1 Å². The van der Waals surface area contributed by atoms with Crippen molar-refractivity contribution in [3.8, 4) is 11.5 Å². The van der Waals surface area contributed by atoms with Crippen LogP contribution in [0, 0.1) is 0 Å². The minimum Gasteiger partial charge on any atom is -0.470 e. The fraction of sp³-hybridized carbons (Fsp3) is 0.111. The van der Waals surface area contributed by atoms with Gasteiger partial charge in [0.2, 0.25) is 0 Å². The van der Waals surface area contributed by atoms with Crippen molar-refractivity contribution in [1.29, 1.82) is 0 Å². The minimum atomic E-state index is -3.00. The van der Waals surface area contributed by atoms with Gasteiger partial charge < -0.3 is 14.8 Å². The van der Waals surface area contributed by atoms with Crippen LogP contribution in [0.1, 0.15) is 10.5 Å². The van der Waals surface area contributed by atoms with Crippen molar-refractivity contribution in [2.75, 3.05) is 5.32 Å². The van der Waals surface area contributed by atoms with Gasteiger partial charge in [-0.1, -0.05) is 40.9 Å². The highest BCUT2D eigenvalue weighted by Crippen LogP contribution is 2.31. The van der Waals surface area contributed by atoms with E-state index >= 15 is 0 Å². The highest BCUT2D eigenvalue weighted by Gasteiger charge is 2.13. The molecule has 1 amide bonds. The van der Waals surface area contributed by atoms with Crippen molar-refractivity contribution in [2.24, 2.45) is 0 Å². The number of benzene rings is 2. The number of carbonyl (C=O) groups is 1. The Bertz CT molecular complexity index is 1030. The van der Waals surface area contributed by atoms with Crippen molar-refractivity contribution in [1.82, 2.24) is 9.78 Å². The lowest BCUT2D eigenvalue weighted by atomic mass is 10.3. The van der Waals surface area contributed by atoms with Crippen LogP contribution in [-0.4, -0.2) is 22.3 Å². The number of nitrogens with zero attached hydrogens (tertiary/aromatic N) is 2. The normalized spacial score (nSPS) is 10.8. The van der Waals surface area contributed by atoms with Crippen LogP contribution in [-0.2, 0) is 6.73 Å². The molecule has 0 atom stereocenters. The maximum atomic E-state index is 12.3. The van der Waals surface area contributed by atoms with Crippen LogP contribution in [0.5, 0.6) is 11.5 Å². The molecule has 0 spiro atoms. The van der Waals surface area contributed by atoms with E-state index in [0.717, 1.165) is 0 Å². The molecule has 29 heavy (non-hydrogen) atoms. The highest BCUT2D eigenvalue weighted by molar-refractivity contribution is 6.42. The first-order chi connectivity index (χ1) is 13.8. The van der Waals surface area contributed by atoms with Gasteiger partial charge in [-0.15, -0.1) is 0 Å². The van der Waals surface area contributed by atoms with E-state index in [1.807, 2.05) is 0 Å². The van der Waals surface area contributed by atoms with Gasteiger partial charge in [0.05, 0.1) is 10.0 Å². The molecule has 0 bridgehead atoms. The molecule has 1 heterocycles. The fourth-order valence-corrected chi connectivity index (χ4v) is 2.82. The van der Waals surface area contributed by atoms with Crippen molar-refractivity contribution in [2.45, 2.75) is 13.3 Å². The zero-order chi connectivity index (χ0) is 21.0. The van der Waals surface area contributed by atoms with Crippen LogP contribution in [0.4, 0.5) is 14.5 Å². The molecule has 0 saturated carbocycles. The summed E-state index contributed by atoms with van der Waals surface area (Å²) in [4.78, 5) is 12.3. The quantitative estimate of drug-likeness (QED) is 0.487. The molecule has 0 fully saturated rings. The summed E-state index contributed by atoms with van der Waals surface area (Å²) >= 11 is 17.8. The third-order valence-corrected chi connectivity index (χ3v) is 4.64. The SMILES string of the molecule is O=C(Nc1ccc(OC(F)F)c(Cl)c1)c1ccn(COc2cccc(Cl)c2Cl)n1. The van der Waals surface area contributed by atoms with Gasteiger partial charge in [0.15, 0.2) is 12.4 Å². The van der Waals surface area contributed by atoms with Crippen LogP contribution in [0.25, 0.3) is 0 Å². The summed E-state index contributed by atoms with van der Waals surface area (Å²) in [5, 5.41) is 7.22. The smallest absolute Gasteiger partial charge is 0.387 e. The number of ether oxygens (including phenoxy) is 2. The van der Waals surface area contributed by atoms with Gasteiger partial charge in [0, 0.05) is 11.9 Å². The first-order valence-corrected chi connectivity index (χ1v) is 9.13. The minimum absolute atomic E-state index is 0.00116. The van der Waals surface area contributed by atoms with Gasteiger partial charge in [0.1, 0.15) is 16.5 Å². The molecule has 1 N–H and O–H groups in total. The van der Waals surface area contributed by atoms with Crippen molar-refractivity contribution in [3.05, 3.63) is 69.4 Å². The maximum absolute atomic E-state index is 12.3. The number of anilines is 1. The maximum Gasteiger partial charge on any atom is 0.387 e. The lowest BCUT2D eigenvalue weighted by Gasteiger charge is -2.09. The molecule has 11 heteroatoms. The fourth-order valence-electron chi connectivity index (χ4n) is 2.25. The standard InChI is InChI=1S/C18H12Cl3F2N3O3/c19-11-2-1-3-15(16(11)21)28-9-26-7-6-13(25-26)17(27)24-10-4-5-14(12(20)8-10)29-18(22)23/h1-8,18H,9H2,(H,24,27). The van der Waals surface area contributed by atoms with Crippen LogP contribution >= 0.6 is 34.8 Å². The number of alkyl halides is 2. The first kappa shape index (κ1) is 21.2. The molecular formula is C18H12Cl3F2N3O3. The van der Waals surface area contributed by atoms with Gasteiger partial charge >= 0.3 is 6.61 Å². The Morgan fingerprint density at radius 3 is 2.62 bits per heavy atom. The number of hydrogen-bond donors (Lipinski definition) is 1. The molecule has 0 unspecified atom stereocenters. The summed E-state index contributed by atoms with van der Waals surface area (Å²) in [5.74, 6) is -0.342. The van der Waals surface area contributed by atoms with Gasteiger partial charge in [0.25, 0.3) is 5.91 Å². The monoisotopic (exact) mass is 461 g/mol. The molecule has 152 valence electrons. The summed E-state index contributed by atoms with van der Waals surface area (Å²) in [5.41, 5.74) is 0.396. The third-order valence-electron chi connectivity index (χ3n) is 3.55. The van der Waals surface area contributed by atoms with E-state index in [1.54, 1.807) is 24.4 Å². The van der Waals surface area contributed by atoms with Crippen molar-refractivity contribution >= 4 is 46.4 Å². The second-order valence-corrected chi connectivity index (χ2v) is 6.74. The molecule has 3 aromatic rings. The molecule has 6 nitrogen and oxygen atoms in total. The molecule has 3 rings (SSSR count). The van der Waals surface area contributed by atoms with E-state index in [4.69, 9.17) is 39.5 Å². The van der Waals surface area contributed by atoms with Crippen LogP contribution in [0.3, 0.4) is 0 Å². The number of carbonyl (C=O) groups excluding carboxylic acids is 1. The Balaban J connectivity index is 1.62. The number of rotatable bonds is 7. The van der Waals surface area contributed by atoms with Gasteiger partial charge in [-0.2, -0.15) is 13.9 Å². The summed E-state index contributed by atoms with van der Waals surface area (Å²) < 4.78 is 35.7. The molecule has 2 aromatic carbocycles. The average molecular weight is 463 g/mol. The zero-order valence-electron chi connectivity index (χ0n) is 14.4. The topological polar surface area (TPSA) is 65.4 Å². The van der Waals surface area contributed by atoms with Crippen LogP contribution in [0.15, 0.2) is 48.7 Å². The van der Waals surface area contributed by atoms with Gasteiger partial charge in [-0.05, 0) is 36.4 Å². The van der Waals surface area contributed by atoms with Gasteiger partial charge in [-0.3, -0.25) is 4.79 Å². The Morgan fingerprint density at radius 1 is 1.10 bits per heavy atom. The molecule has 0 aliphatic rings. The molecular weight excluding hydrogens is 451 g/mol. The second kappa shape index (κ2) is 9.30. The van der Waals surface area contributed by atoms with E-state index in [9.17, 15) is 13.6 Å². The average Bonchev–Trinajstić information content (AvgIpc) is 3.14. The number of amides is 1. The molecule has 0 saturated heterocycles. The Kier molecular flexibility index (Phi) is 6.79. The molecule has 0 aliphatic carbocycles. The second-order valence-electron chi connectivity index (χ2n) is 5.54. The van der Waals surface area contributed by atoms with E-state index in [0.29, 0.717) is 10.8 Å². The lowest BCUT2D eigenvalue weighted by molar-refractivity contribution is -0.0497. The Morgan fingerprint density at radius 2 is 1.90 bits per heavy atom. The highest BCUT2D eigenvalue weighted by atomic mass is 35.5. The summed E-state index contributed by atoms with van der Waals surface area (Å²) in [6.07, 6.45) is 1.54. The van der Waals surface area contributed by atoms with E-state index < -0.39 is 12.5 Å². The third kappa shape index (κ3) is 5.50. The van der Waals surface area contributed by atoms with E-state index in [-0.39, 0.29) is 33.9 Å². The summed E-state index contributed by atoms with van der Waals surface area (Å²) in [6, 6.07) is 10.3.